The number of aromatic amines is 1. The fraction of sp³-hybridized carbons (Fsp3) is 0.538. The molecular formula is C26H35F2N5O4. The lowest BCUT2D eigenvalue weighted by Crippen LogP contribution is -2.53. The first kappa shape index (κ1) is 28.2. The van der Waals surface area contributed by atoms with Gasteiger partial charge in [0.15, 0.2) is 0 Å². The third-order valence-corrected chi connectivity index (χ3v) is 6.25. The highest BCUT2D eigenvalue weighted by Crippen LogP contribution is 2.23. The molecule has 0 aliphatic carbocycles. The Morgan fingerprint density at radius 2 is 1.97 bits per heavy atom. The van der Waals surface area contributed by atoms with Crippen molar-refractivity contribution < 1.29 is 27.9 Å². The second-order valence-electron chi connectivity index (χ2n) is 9.80. The first-order valence-corrected chi connectivity index (χ1v) is 12.5. The van der Waals surface area contributed by atoms with Gasteiger partial charge in [-0.15, -0.1) is 0 Å². The first-order chi connectivity index (χ1) is 17.5. The molecular weight excluding hydrogens is 484 g/mol. The summed E-state index contributed by atoms with van der Waals surface area (Å²) in [4.78, 5) is 47.6. The zero-order valence-corrected chi connectivity index (χ0v) is 21.6. The molecule has 3 amide bonds. The molecule has 2 unspecified atom stereocenters. The maximum absolute atomic E-state index is 14.2. The van der Waals surface area contributed by atoms with E-state index < -0.39 is 29.6 Å². The zero-order chi connectivity index (χ0) is 27.1. The number of amides is 3. The second kappa shape index (κ2) is 12.8. The van der Waals surface area contributed by atoms with Crippen LogP contribution in [-0.4, -0.2) is 64.4 Å². The van der Waals surface area contributed by atoms with E-state index in [1.54, 1.807) is 11.8 Å². The van der Waals surface area contributed by atoms with Gasteiger partial charge >= 0.3 is 0 Å². The molecule has 0 radical (unpaired) electrons. The molecule has 1 aliphatic rings. The Hall–Kier alpha value is -3.34. The number of benzene rings is 1. The van der Waals surface area contributed by atoms with Crippen molar-refractivity contribution in [2.45, 2.75) is 65.1 Å². The average molecular weight is 520 g/mol. The normalized spacial score (nSPS) is 17.4. The molecule has 3 atom stereocenters. The van der Waals surface area contributed by atoms with Crippen LogP contribution < -0.4 is 10.6 Å². The number of hydrogen-bond donors (Lipinski definition) is 3. The highest BCUT2D eigenvalue weighted by molar-refractivity contribution is 5.92. The lowest BCUT2D eigenvalue weighted by Gasteiger charge is -2.34. The smallest absolute Gasteiger partial charge is 0.243 e. The molecule has 11 heteroatoms. The van der Waals surface area contributed by atoms with Gasteiger partial charge in [-0.25, -0.2) is 13.8 Å². The summed E-state index contributed by atoms with van der Waals surface area (Å²) in [6.45, 7) is 8.78. The Morgan fingerprint density at radius 1 is 1.22 bits per heavy atom. The molecule has 0 saturated carbocycles. The summed E-state index contributed by atoms with van der Waals surface area (Å²) >= 11 is 0. The van der Waals surface area contributed by atoms with Gasteiger partial charge in [-0.3, -0.25) is 14.4 Å². The molecule has 3 rings (SSSR count). The highest BCUT2D eigenvalue weighted by Gasteiger charge is 2.31. The van der Waals surface area contributed by atoms with Crippen molar-refractivity contribution in [3.63, 3.8) is 0 Å². The van der Waals surface area contributed by atoms with Crippen LogP contribution in [0.5, 0.6) is 0 Å². The largest absolute Gasteiger partial charge is 0.377 e. The number of hydrogen-bond acceptors (Lipinski definition) is 5. The molecule has 37 heavy (non-hydrogen) atoms. The topological polar surface area (TPSA) is 116 Å². The van der Waals surface area contributed by atoms with E-state index in [2.05, 4.69) is 20.6 Å². The van der Waals surface area contributed by atoms with Crippen molar-refractivity contribution in [1.29, 1.82) is 0 Å². The minimum atomic E-state index is -1.08. The molecule has 2 heterocycles. The molecule has 9 nitrogen and oxygen atoms in total. The summed E-state index contributed by atoms with van der Waals surface area (Å²) in [6, 6.07) is 1.37. The number of rotatable bonds is 10. The van der Waals surface area contributed by atoms with Crippen molar-refractivity contribution in [3.8, 4) is 11.3 Å². The van der Waals surface area contributed by atoms with E-state index in [-0.39, 0.29) is 36.3 Å². The van der Waals surface area contributed by atoms with Crippen molar-refractivity contribution in [2.24, 2.45) is 5.92 Å². The van der Waals surface area contributed by atoms with Crippen LogP contribution in [0.1, 0.15) is 58.8 Å². The standard InChI is InChI=1S/C26H35F2N5O4/c1-15(2)5-8-23(34)31-21(12-24(35)33-9-10-37-14-16(33)3)26(36)30-17(4)25-29-13-22(32-25)19-7-6-18(27)11-20(19)28/h6-7,11,13,15-17,21H,5,8-10,12,14H2,1-4H3,(H,29,32)(H,30,36)(H,31,34)/t16-,17?,21?/m0/s1. The van der Waals surface area contributed by atoms with Crippen LogP contribution in [0.3, 0.4) is 0 Å². The number of ether oxygens (including phenoxy) is 1. The van der Waals surface area contributed by atoms with Crippen LogP contribution in [0.4, 0.5) is 8.78 Å². The summed E-state index contributed by atoms with van der Waals surface area (Å²) in [5.41, 5.74) is 0.461. The molecule has 2 aromatic rings. The van der Waals surface area contributed by atoms with Crippen LogP contribution in [-0.2, 0) is 19.1 Å². The lowest BCUT2D eigenvalue weighted by molar-refractivity contribution is -0.142. The van der Waals surface area contributed by atoms with Gasteiger partial charge in [0.05, 0.1) is 43.6 Å². The van der Waals surface area contributed by atoms with E-state index in [1.807, 2.05) is 20.8 Å². The Kier molecular flexibility index (Phi) is 9.73. The third-order valence-electron chi connectivity index (χ3n) is 6.25. The van der Waals surface area contributed by atoms with Gasteiger partial charge in [-0.1, -0.05) is 13.8 Å². The molecule has 0 spiro atoms. The molecule has 1 fully saturated rings. The number of carbonyl (C=O) groups excluding carboxylic acids is 3. The highest BCUT2D eigenvalue weighted by atomic mass is 19.1. The zero-order valence-electron chi connectivity index (χ0n) is 21.6. The number of nitrogens with one attached hydrogen (secondary N) is 3. The third kappa shape index (κ3) is 7.82. The average Bonchev–Trinajstić information content (AvgIpc) is 3.32. The SMILES string of the molecule is CC(C)CCC(=O)NC(CC(=O)N1CCOC[C@@H]1C)C(=O)NC(C)c1ncc(-c2ccc(F)cc2F)[nH]1. The fourth-order valence-electron chi connectivity index (χ4n) is 4.07. The number of H-pyrrole nitrogens is 1. The van der Waals surface area contributed by atoms with Gasteiger partial charge in [-0.2, -0.15) is 0 Å². The fourth-order valence-corrected chi connectivity index (χ4v) is 4.07. The Balaban J connectivity index is 1.70. The van der Waals surface area contributed by atoms with Crippen LogP contribution in [0.25, 0.3) is 11.3 Å². The summed E-state index contributed by atoms with van der Waals surface area (Å²) in [5, 5.41) is 5.49. The number of morpholine rings is 1. The van der Waals surface area contributed by atoms with E-state index in [1.165, 1.54) is 12.3 Å². The van der Waals surface area contributed by atoms with Crippen molar-refractivity contribution >= 4 is 17.7 Å². The molecule has 1 saturated heterocycles. The molecule has 3 N–H and O–H groups in total. The summed E-state index contributed by atoms with van der Waals surface area (Å²) in [7, 11) is 0. The van der Waals surface area contributed by atoms with Gasteiger partial charge in [-0.05, 0) is 38.3 Å². The summed E-state index contributed by atoms with van der Waals surface area (Å²) in [5.74, 6) is -1.88. The summed E-state index contributed by atoms with van der Waals surface area (Å²) < 4.78 is 32.8. The van der Waals surface area contributed by atoms with Crippen LogP contribution in [0, 0.1) is 17.6 Å². The van der Waals surface area contributed by atoms with Crippen molar-refractivity contribution in [2.75, 3.05) is 19.8 Å². The lowest BCUT2D eigenvalue weighted by atomic mass is 10.1. The molecule has 202 valence electrons. The van der Waals surface area contributed by atoms with Gasteiger partial charge < -0.3 is 25.3 Å². The first-order valence-electron chi connectivity index (χ1n) is 12.5. The van der Waals surface area contributed by atoms with E-state index in [4.69, 9.17) is 4.74 Å². The predicted molar refractivity (Wildman–Crippen MR) is 133 cm³/mol. The van der Waals surface area contributed by atoms with E-state index in [9.17, 15) is 23.2 Å². The number of halogens is 2. The van der Waals surface area contributed by atoms with Crippen LogP contribution in [0.15, 0.2) is 24.4 Å². The van der Waals surface area contributed by atoms with Crippen LogP contribution >= 0.6 is 0 Å². The number of carbonyl (C=O) groups is 3. The number of aromatic nitrogens is 2. The molecule has 1 aromatic heterocycles. The van der Waals surface area contributed by atoms with Gasteiger partial charge in [0.25, 0.3) is 0 Å². The van der Waals surface area contributed by atoms with Crippen molar-refractivity contribution in [3.05, 3.63) is 41.9 Å². The minimum Gasteiger partial charge on any atom is -0.377 e. The Labute approximate surface area is 215 Å². The summed E-state index contributed by atoms with van der Waals surface area (Å²) in [6.07, 6.45) is 2.09. The van der Waals surface area contributed by atoms with E-state index >= 15 is 0 Å². The Morgan fingerprint density at radius 3 is 2.65 bits per heavy atom. The quantitative estimate of drug-likeness (QED) is 0.446. The van der Waals surface area contributed by atoms with E-state index in [0.29, 0.717) is 43.6 Å². The number of nitrogens with zero attached hydrogens (tertiary/aromatic N) is 2. The number of imidazole rings is 1. The molecule has 0 bridgehead atoms. The monoisotopic (exact) mass is 519 g/mol. The maximum atomic E-state index is 14.2. The molecule has 1 aromatic carbocycles. The molecule has 1 aliphatic heterocycles. The van der Waals surface area contributed by atoms with Gasteiger partial charge in [0.2, 0.25) is 17.7 Å². The van der Waals surface area contributed by atoms with E-state index in [0.717, 1.165) is 12.1 Å². The predicted octanol–water partition coefficient (Wildman–Crippen LogP) is 3.09. The van der Waals surface area contributed by atoms with Crippen LogP contribution in [0.2, 0.25) is 0 Å². The second-order valence-corrected chi connectivity index (χ2v) is 9.80. The van der Waals surface area contributed by atoms with Gasteiger partial charge in [0, 0.05) is 24.6 Å². The minimum absolute atomic E-state index is 0.131. The Bertz CT molecular complexity index is 1110. The maximum Gasteiger partial charge on any atom is 0.243 e. The van der Waals surface area contributed by atoms with Gasteiger partial charge in [0.1, 0.15) is 23.5 Å². The van der Waals surface area contributed by atoms with Crippen molar-refractivity contribution in [1.82, 2.24) is 25.5 Å².